The molecular formula is C20H24F3N5O. The summed E-state index contributed by atoms with van der Waals surface area (Å²) in [4.78, 5) is 8.26. The van der Waals surface area contributed by atoms with Crippen molar-refractivity contribution in [2.45, 2.75) is 25.0 Å². The molecule has 1 fully saturated rings. The molecule has 2 heterocycles. The Kier molecular flexibility index (Phi) is 6.39. The number of nitrogens with one attached hydrogen (secondary N) is 3. The number of anilines is 2. The number of hydrogen-bond acceptors (Lipinski definition) is 6. The summed E-state index contributed by atoms with van der Waals surface area (Å²) in [5, 5.41) is 8.84. The average molecular weight is 407 g/mol. The molecule has 1 aromatic heterocycles. The van der Waals surface area contributed by atoms with E-state index in [9.17, 15) is 8.78 Å². The molecule has 1 aliphatic heterocycles. The maximum Gasteiger partial charge on any atom is 0.302 e. The third kappa shape index (κ3) is 4.20. The summed E-state index contributed by atoms with van der Waals surface area (Å²) in [6.07, 6.45) is 1.49. The van der Waals surface area contributed by atoms with E-state index >= 15 is 4.39 Å². The second-order valence-corrected chi connectivity index (χ2v) is 6.70. The maximum atomic E-state index is 15.1. The number of morpholine rings is 1. The van der Waals surface area contributed by atoms with Crippen LogP contribution in [0.15, 0.2) is 31.1 Å². The lowest BCUT2D eigenvalue weighted by molar-refractivity contribution is -0.153. The topological polar surface area (TPSA) is 71.1 Å². The van der Waals surface area contributed by atoms with E-state index in [-0.39, 0.29) is 18.7 Å². The third-order valence-electron chi connectivity index (χ3n) is 4.86. The highest BCUT2D eigenvalue weighted by Crippen LogP contribution is 2.38. The Hall–Kier alpha value is -2.65. The first-order chi connectivity index (χ1) is 13.9. The van der Waals surface area contributed by atoms with Gasteiger partial charge in [-0.1, -0.05) is 24.8 Å². The number of halogens is 3. The molecule has 3 rings (SSSR count). The summed E-state index contributed by atoms with van der Waals surface area (Å²) in [5.41, 5.74) is 0.0240. The smallest absolute Gasteiger partial charge is 0.302 e. The van der Waals surface area contributed by atoms with Gasteiger partial charge in [0.05, 0.1) is 23.8 Å². The Morgan fingerprint density at radius 2 is 2.10 bits per heavy atom. The Bertz CT molecular complexity index is 871. The van der Waals surface area contributed by atoms with Crippen LogP contribution in [-0.4, -0.2) is 42.8 Å². The quantitative estimate of drug-likeness (QED) is 0.652. The molecule has 29 heavy (non-hydrogen) atoms. The number of hydrogen-bond donors (Lipinski definition) is 3. The molecule has 2 aromatic rings. The number of alkyl halides is 2. The van der Waals surface area contributed by atoms with Crippen molar-refractivity contribution >= 4 is 17.7 Å². The first kappa shape index (κ1) is 21.1. The van der Waals surface area contributed by atoms with E-state index < -0.39 is 29.4 Å². The van der Waals surface area contributed by atoms with Crippen molar-refractivity contribution in [3.63, 3.8) is 0 Å². The van der Waals surface area contributed by atoms with E-state index in [1.54, 1.807) is 20.0 Å². The maximum absolute atomic E-state index is 15.1. The van der Waals surface area contributed by atoms with Crippen LogP contribution in [0.25, 0.3) is 6.08 Å². The van der Waals surface area contributed by atoms with Gasteiger partial charge >= 0.3 is 5.92 Å². The van der Waals surface area contributed by atoms with Crippen LogP contribution in [0.1, 0.15) is 29.7 Å². The largest absolute Gasteiger partial charge is 0.372 e. The third-order valence-corrected chi connectivity index (χ3v) is 4.86. The number of aromatic nitrogens is 2. The molecule has 6 nitrogen and oxygen atoms in total. The van der Waals surface area contributed by atoms with Crippen LogP contribution < -0.4 is 16.0 Å². The van der Waals surface area contributed by atoms with Crippen molar-refractivity contribution in [2.75, 3.05) is 37.4 Å². The second-order valence-electron chi connectivity index (χ2n) is 6.70. The molecule has 1 aromatic carbocycles. The predicted molar refractivity (Wildman–Crippen MR) is 107 cm³/mol. The van der Waals surface area contributed by atoms with Crippen LogP contribution in [0.3, 0.4) is 0 Å². The van der Waals surface area contributed by atoms with Crippen molar-refractivity contribution in [3.05, 3.63) is 53.6 Å². The lowest BCUT2D eigenvalue weighted by atomic mass is 9.96. The van der Waals surface area contributed by atoms with E-state index in [1.807, 2.05) is 0 Å². The molecule has 1 saturated heterocycles. The molecule has 0 saturated carbocycles. The van der Waals surface area contributed by atoms with E-state index in [1.165, 1.54) is 18.5 Å². The van der Waals surface area contributed by atoms with Gasteiger partial charge in [-0.2, -0.15) is 8.78 Å². The predicted octanol–water partition coefficient (Wildman–Crippen LogP) is 3.55. The summed E-state index contributed by atoms with van der Waals surface area (Å²) in [6, 6.07) is 3.36. The van der Waals surface area contributed by atoms with Gasteiger partial charge < -0.3 is 20.7 Å². The van der Waals surface area contributed by atoms with Crippen molar-refractivity contribution in [2.24, 2.45) is 0 Å². The number of nitrogens with zero attached hydrogens (tertiary/aromatic N) is 2. The van der Waals surface area contributed by atoms with Crippen LogP contribution in [0, 0.1) is 5.82 Å². The molecule has 9 heteroatoms. The molecule has 1 unspecified atom stereocenters. The lowest BCUT2D eigenvalue weighted by Gasteiger charge is -2.31. The molecule has 0 radical (unpaired) electrons. The summed E-state index contributed by atoms with van der Waals surface area (Å²) in [7, 11) is 1.70. The van der Waals surface area contributed by atoms with Crippen LogP contribution in [0.5, 0.6) is 0 Å². The summed E-state index contributed by atoms with van der Waals surface area (Å²) < 4.78 is 50.2. The fourth-order valence-corrected chi connectivity index (χ4v) is 3.30. The first-order valence-electron chi connectivity index (χ1n) is 9.30. The van der Waals surface area contributed by atoms with E-state index in [2.05, 4.69) is 32.5 Å². The van der Waals surface area contributed by atoms with Gasteiger partial charge in [-0.15, -0.1) is 0 Å². The van der Waals surface area contributed by atoms with Gasteiger partial charge in [0.25, 0.3) is 0 Å². The van der Waals surface area contributed by atoms with Crippen LogP contribution in [-0.2, 0) is 10.7 Å². The van der Waals surface area contributed by atoms with Gasteiger partial charge in [-0.25, -0.2) is 14.4 Å². The van der Waals surface area contributed by atoms with Crippen LogP contribution in [0.4, 0.5) is 24.8 Å². The summed E-state index contributed by atoms with van der Waals surface area (Å²) >= 11 is 0. The van der Waals surface area contributed by atoms with Crippen molar-refractivity contribution in [1.29, 1.82) is 0 Å². The molecule has 0 amide bonds. The van der Waals surface area contributed by atoms with E-state index in [4.69, 9.17) is 4.74 Å². The standard InChI is InChI=1S/C20H24F3N5O/c1-4-13-18(24-3)26-11-27-19(13)28-12(2)14-6-5-7-15(17(14)21)20(22,23)16-10-25-8-9-29-16/h4-7,11-12,16,25H,1,8-10H2,2-3H3,(H2,24,26,27,28)/t12-,16?/m1/s1. The average Bonchev–Trinajstić information content (AvgIpc) is 2.74. The Balaban J connectivity index is 1.90. The lowest BCUT2D eigenvalue weighted by Crippen LogP contribution is -2.47. The molecule has 0 bridgehead atoms. The molecule has 2 atom stereocenters. The van der Waals surface area contributed by atoms with Gasteiger partial charge in [0.2, 0.25) is 0 Å². The highest BCUT2D eigenvalue weighted by molar-refractivity contribution is 5.72. The van der Waals surface area contributed by atoms with Crippen molar-refractivity contribution < 1.29 is 17.9 Å². The number of benzene rings is 1. The fraction of sp³-hybridized carbons (Fsp3) is 0.400. The van der Waals surface area contributed by atoms with Gasteiger partial charge in [-0.3, -0.25) is 0 Å². The van der Waals surface area contributed by atoms with Crippen LogP contribution >= 0.6 is 0 Å². The van der Waals surface area contributed by atoms with Gasteiger partial charge in [0.1, 0.15) is 29.9 Å². The zero-order chi connectivity index (χ0) is 21.0. The minimum atomic E-state index is -3.46. The molecule has 156 valence electrons. The van der Waals surface area contributed by atoms with Crippen molar-refractivity contribution in [3.8, 4) is 0 Å². The van der Waals surface area contributed by atoms with E-state index in [0.29, 0.717) is 23.7 Å². The number of rotatable bonds is 7. The van der Waals surface area contributed by atoms with Gasteiger partial charge in [-0.05, 0) is 13.0 Å². The minimum absolute atomic E-state index is 0.0408. The fourth-order valence-electron chi connectivity index (χ4n) is 3.30. The summed E-state index contributed by atoms with van der Waals surface area (Å²) in [6.45, 7) is 6.03. The highest BCUT2D eigenvalue weighted by atomic mass is 19.3. The molecule has 1 aliphatic rings. The van der Waals surface area contributed by atoms with Gasteiger partial charge in [0, 0.05) is 25.7 Å². The zero-order valence-corrected chi connectivity index (χ0v) is 16.3. The highest BCUT2D eigenvalue weighted by Gasteiger charge is 2.45. The first-order valence-corrected chi connectivity index (χ1v) is 9.30. The van der Waals surface area contributed by atoms with E-state index in [0.717, 1.165) is 6.07 Å². The monoisotopic (exact) mass is 407 g/mol. The normalized spacial score (nSPS) is 18.2. The summed E-state index contributed by atoms with van der Waals surface area (Å²) in [5.74, 6) is -3.46. The van der Waals surface area contributed by atoms with Gasteiger partial charge in [0.15, 0.2) is 0 Å². The van der Waals surface area contributed by atoms with Crippen molar-refractivity contribution in [1.82, 2.24) is 15.3 Å². The molecule has 0 aliphatic carbocycles. The minimum Gasteiger partial charge on any atom is -0.372 e. The number of ether oxygens (including phenoxy) is 1. The molecule has 3 N–H and O–H groups in total. The second kappa shape index (κ2) is 8.79. The zero-order valence-electron chi connectivity index (χ0n) is 16.3. The Morgan fingerprint density at radius 3 is 2.76 bits per heavy atom. The SMILES string of the molecule is C=Cc1c(NC)ncnc1N[C@H](C)c1cccc(C(F)(F)C2CNCCO2)c1F. The van der Waals surface area contributed by atoms with Crippen LogP contribution in [0.2, 0.25) is 0 Å². The molecule has 0 spiro atoms. The Labute approximate surface area is 167 Å². The molecular weight excluding hydrogens is 383 g/mol. The Morgan fingerprint density at radius 1 is 1.34 bits per heavy atom.